The molecule has 0 radical (unpaired) electrons. The van der Waals surface area contributed by atoms with Crippen molar-refractivity contribution < 1.29 is 14.3 Å². The summed E-state index contributed by atoms with van der Waals surface area (Å²) < 4.78 is 11.9. The van der Waals surface area contributed by atoms with Gasteiger partial charge in [-0.15, -0.1) is 0 Å². The van der Waals surface area contributed by atoms with Crippen molar-refractivity contribution >= 4 is 27.8 Å². The van der Waals surface area contributed by atoms with Crippen LogP contribution in [0.5, 0.6) is 5.75 Å². The van der Waals surface area contributed by atoms with Gasteiger partial charge >= 0.3 is 0 Å². The number of rotatable bonds is 7. The van der Waals surface area contributed by atoms with Crippen LogP contribution in [0.15, 0.2) is 78.9 Å². The van der Waals surface area contributed by atoms with Crippen molar-refractivity contribution in [2.24, 2.45) is 0 Å². The van der Waals surface area contributed by atoms with Gasteiger partial charge in [-0.3, -0.25) is 4.79 Å². The van der Waals surface area contributed by atoms with E-state index in [-0.39, 0.29) is 0 Å². The van der Waals surface area contributed by atoms with Gasteiger partial charge in [0.15, 0.2) is 6.29 Å². The second-order valence-corrected chi connectivity index (χ2v) is 6.34. The Bertz CT molecular complexity index is 1010. The number of fused-ring (bicyclic) bond motifs is 2. The Hall–Kier alpha value is -3.17. The summed E-state index contributed by atoms with van der Waals surface area (Å²) in [6, 6.07) is 25.8. The van der Waals surface area contributed by atoms with Crippen LogP contribution in [-0.4, -0.2) is 19.5 Å². The van der Waals surface area contributed by atoms with Crippen molar-refractivity contribution in [2.45, 2.75) is 6.61 Å². The van der Waals surface area contributed by atoms with Gasteiger partial charge in [-0.25, -0.2) is 0 Å². The number of ether oxygens (including phenoxy) is 2. The standard InChI is InChI=1S/C24H20O3/c25-16-23-19-10-4-6-12-21(19)24(22-13-7-5-11-20(22)23)27-15-14-26-17-18-8-2-1-3-9-18/h1-13,16H,14-15,17H2. The van der Waals surface area contributed by atoms with Crippen LogP contribution in [0.2, 0.25) is 0 Å². The molecule has 0 amide bonds. The SMILES string of the molecule is O=Cc1c2ccccc2c(OCCOCc2ccccc2)c2ccccc12. The third-order valence-corrected chi connectivity index (χ3v) is 4.63. The topological polar surface area (TPSA) is 35.5 Å². The normalized spacial score (nSPS) is 11.0. The Morgan fingerprint density at radius 1 is 0.667 bits per heavy atom. The van der Waals surface area contributed by atoms with Crippen LogP contribution in [0.1, 0.15) is 15.9 Å². The van der Waals surface area contributed by atoms with Crippen LogP contribution < -0.4 is 4.74 Å². The molecule has 134 valence electrons. The highest BCUT2D eigenvalue weighted by atomic mass is 16.5. The summed E-state index contributed by atoms with van der Waals surface area (Å²) in [7, 11) is 0. The van der Waals surface area contributed by atoms with E-state index < -0.39 is 0 Å². The molecule has 0 bridgehead atoms. The summed E-state index contributed by atoms with van der Waals surface area (Å²) in [5.74, 6) is 0.801. The summed E-state index contributed by atoms with van der Waals surface area (Å²) in [5.41, 5.74) is 1.85. The second kappa shape index (κ2) is 8.02. The van der Waals surface area contributed by atoms with E-state index in [4.69, 9.17) is 9.47 Å². The van der Waals surface area contributed by atoms with E-state index in [1.54, 1.807) is 0 Å². The molecule has 0 spiro atoms. The molecule has 0 N–H and O–H groups in total. The predicted octanol–water partition coefficient (Wildman–Crippen LogP) is 5.40. The quantitative estimate of drug-likeness (QED) is 0.253. The van der Waals surface area contributed by atoms with Crippen molar-refractivity contribution in [1.29, 1.82) is 0 Å². The first-order valence-electron chi connectivity index (χ1n) is 9.01. The molecule has 0 fully saturated rings. The molecule has 4 aromatic rings. The molecular formula is C24H20O3. The Kier molecular flexibility index (Phi) is 5.13. The zero-order valence-corrected chi connectivity index (χ0v) is 14.9. The first kappa shape index (κ1) is 17.3. The summed E-state index contributed by atoms with van der Waals surface area (Å²) in [6.07, 6.45) is 0.928. The Labute approximate surface area is 158 Å². The van der Waals surface area contributed by atoms with E-state index >= 15 is 0 Å². The Morgan fingerprint density at radius 2 is 1.22 bits per heavy atom. The number of hydrogen-bond acceptors (Lipinski definition) is 3. The summed E-state index contributed by atoms with van der Waals surface area (Å²) in [5, 5.41) is 3.71. The molecular weight excluding hydrogens is 336 g/mol. The summed E-state index contributed by atoms with van der Waals surface area (Å²) in [6.45, 7) is 1.50. The first-order valence-corrected chi connectivity index (χ1v) is 9.01. The van der Waals surface area contributed by atoms with Crippen molar-refractivity contribution in [3.63, 3.8) is 0 Å². The van der Waals surface area contributed by atoms with Crippen molar-refractivity contribution in [1.82, 2.24) is 0 Å². The highest BCUT2D eigenvalue weighted by Gasteiger charge is 2.13. The lowest BCUT2D eigenvalue weighted by molar-refractivity contribution is 0.0898. The van der Waals surface area contributed by atoms with Crippen molar-refractivity contribution in [3.05, 3.63) is 90.0 Å². The van der Waals surface area contributed by atoms with Gasteiger partial charge in [0.1, 0.15) is 12.4 Å². The Balaban J connectivity index is 1.58. The molecule has 0 aliphatic heterocycles. The lowest BCUT2D eigenvalue weighted by Gasteiger charge is -2.15. The Morgan fingerprint density at radius 3 is 1.81 bits per heavy atom. The fourth-order valence-electron chi connectivity index (χ4n) is 3.37. The molecule has 0 unspecified atom stereocenters. The fourth-order valence-corrected chi connectivity index (χ4v) is 3.37. The highest BCUT2D eigenvalue weighted by Crippen LogP contribution is 2.37. The van der Waals surface area contributed by atoms with Crippen molar-refractivity contribution in [2.75, 3.05) is 13.2 Å². The maximum Gasteiger partial charge on any atom is 0.151 e. The minimum Gasteiger partial charge on any atom is -0.490 e. The van der Waals surface area contributed by atoms with Gasteiger partial charge in [0.05, 0.1) is 13.2 Å². The lowest BCUT2D eigenvalue weighted by Crippen LogP contribution is -2.07. The van der Waals surface area contributed by atoms with Gasteiger partial charge in [0.2, 0.25) is 0 Å². The number of benzene rings is 4. The lowest BCUT2D eigenvalue weighted by atomic mass is 9.96. The molecule has 0 aromatic heterocycles. The largest absolute Gasteiger partial charge is 0.490 e. The maximum atomic E-state index is 11.7. The molecule has 0 atom stereocenters. The van der Waals surface area contributed by atoms with Crippen LogP contribution >= 0.6 is 0 Å². The molecule has 3 nitrogen and oxygen atoms in total. The average molecular weight is 356 g/mol. The van der Waals surface area contributed by atoms with Crippen LogP contribution in [0, 0.1) is 0 Å². The molecule has 4 aromatic carbocycles. The molecule has 0 saturated carbocycles. The highest BCUT2D eigenvalue weighted by molar-refractivity contribution is 6.16. The molecule has 0 aliphatic carbocycles. The molecule has 27 heavy (non-hydrogen) atoms. The third kappa shape index (κ3) is 3.55. The third-order valence-electron chi connectivity index (χ3n) is 4.63. The molecule has 4 rings (SSSR count). The monoisotopic (exact) mass is 356 g/mol. The predicted molar refractivity (Wildman–Crippen MR) is 108 cm³/mol. The summed E-state index contributed by atoms with van der Waals surface area (Å²) >= 11 is 0. The van der Waals surface area contributed by atoms with Gasteiger partial charge in [0.25, 0.3) is 0 Å². The van der Waals surface area contributed by atoms with Crippen LogP contribution in [0.25, 0.3) is 21.5 Å². The van der Waals surface area contributed by atoms with Gasteiger partial charge < -0.3 is 9.47 Å². The van der Waals surface area contributed by atoms with Gasteiger partial charge in [-0.05, 0) is 16.3 Å². The maximum absolute atomic E-state index is 11.7. The van der Waals surface area contributed by atoms with E-state index in [0.717, 1.165) is 39.1 Å². The van der Waals surface area contributed by atoms with E-state index in [2.05, 4.69) is 0 Å². The zero-order chi connectivity index (χ0) is 18.5. The molecule has 0 aliphatic rings. The average Bonchev–Trinajstić information content (AvgIpc) is 2.73. The molecule has 3 heteroatoms. The number of aldehydes is 1. The smallest absolute Gasteiger partial charge is 0.151 e. The zero-order valence-electron chi connectivity index (χ0n) is 14.9. The van der Waals surface area contributed by atoms with E-state index in [9.17, 15) is 4.79 Å². The summed E-state index contributed by atoms with van der Waals surface area (Å²) in [4.78, 5) is 11.7. The van der Waals surface area contributed by atoms with Crippen LogP contribution in [-0.2, 0) is 11.3 Å². The fraction of sp³-hybridized carbons (Fsp3) is 0.125. The number of hydrogen-bond donors (Lipinski definition) is 0. The number of carbonyl (C=O) groups excluding carboxylic acids is 1. The molecule has 0 saturated heterocycles. The van der Waals surface area contributed by atoms with Gasteiger partial charge in [-0.1, -0.05) is 78.9 Å². The van der Waals surface area contributed by atoms with E-state index in [1.165, 1.54) is 0 Å². The first-order chi connectivity index (χ1) is 13.4. The van der Waals surface area contributed by atoms with E-state index in [0.29, 0.717) is 25.4 Å². The van der Waals surface area contributed by atoms with Gasteiger partial charge in [0, 0.05) is 16.3 Å². The second-order valence-electron chi connectivity index (χ2n) is 6.34. The van der Waals surface area contributed by atoms with Crippen LogP contribution in [0.3, 0.4) is 0 Å². The minimum atomic E-state index is 0.446. The molecule has 0 heterocycles. The minimum absolute atomic E-state index is 0.446. The van der Waals surface area contributed by atoms with E-state index in [1.807, 2.05) is 78.9 Å². The van der Waals surface area contributed by atoms with Crippen LogP contribution in [0.4, 0.5) is 0 Å². The van der Waals surface area contributed by atoms with Gasteiger partial charge in [-0.2, -0.15) is 0 Å². The van der Waals surface area contributed by atoms with Crippen molar-refractivity contribution in [3.8, 4) is 5.75 Å². The number of carbonyl (C=O) groups is 1.